The summed E-state index contributed by atoms with van der Waals surface area (Å²) in [7, 11) is 2.94. The standard InChI is InChI=1S/C31H28Cl3N3O5/c1-31(2,3)37-30(39)42-16-22-23(32)14-24(36-29(22)41-5)21-8-6-7-19(26(21)33)20-11-12-35-28(27(20)34)17-9-10-18(15-38)25(13-17)40-4/h6-15H,16H2,1-5H3,(H,37,39). The number of nitrogens with one attached hydrogen (secondary N) is 1. The number of alkyl carbamates (subject to hydrolysis) is 1. The first-order chi connectivity index (χ1) is 20.0. The molecule has 0 fully saturated rings. The molecule has 4 aromatic rings. The summed E-state index contributed by atoms with van der Waals surface area (Å²) in [6.07, 6.45) is 1.76. The number of amides is 1. The summed E-state index contributed by atoms with van der Waals surface area (Å²) in [5.41, 5.74) is 3.85. The van der Waals surface area contributed by atoms with E-state index in [1.807, 2.05) is 32.9 Å². The Morgan fingerprint density at radius 3 is 2.33 bits per heavy atom. The molecule has 2 heterocycles. The molecule has 8 nitrogen and oxygen atoms in total. The molecule has 0 aliphatic carbocycles. The number of carbonyl (C=O) groups is 2. The number of pyridine rings is 2. The minimum atomic E-state index is -0.591. The van der Waals surface area contributed by atoms with Crippen molar-refractivity contribution in [2.75, 3.05) is 14.2 Å². The molecule has 0 atom stereocenters. The Morgan fingerprint density at radius 2 is 1.67 bits per heavy atom. The van der Waals surface area contributed by atoms with Crippen molar-refractivity contribution in [2.24, 2.45) is 0 Å². The van der Waals surface area contributed by atoms with Gasteiger partial charge < -0.3 is 19.5 Å². The smallest absolute Gasteiger partial charge is 0.407 e. The largest absolute Gasteiger partial charge is 0.496 e. The van der Waals surface area contributed by atoms with Crippen LogP contribution in [-0.4, -0.2) is 42.1 Å². The van der Waals surface area contributed by atoms with E-state index in [9.17, 15) is 9.59 Å². The number of methoxy groups -OCH3 is 2. The fourth-order valence-corrected chi connectivity index (χ4v) is 5.07. The van der Waals surface area contributed by atoms with Gasteiger partial charge in [-0.3, -0.25) is 9.78 Å². The fourth-order valence-electron chi connectivity index (χ4n) is 4.18. The first-order valence-corrected chi connectivity index (χ1v) is 13.9. The van der Waals surface area contributed by atoms with Gasteiger partial charge in [0.25, 0.3) is 0 Å². The molecule has 0 aliphatic rings. The number of rotatable bonds is 8. The SMILES string of the molecule is COc1cc(-c2nccc(-c3cccc(-c4cc(Cl)c(COC(=O)NC(C)(C)C)c(OC)n4)c3Cl)c2Cl)ccc1C=O. The molecule has 1 N–H and O–H groups in total. The van der Waals surface area contributed by atoms with Crippen LogP contribution < -0.4 is 14.8 Å². The lowest BCUT2D eigenvalue weighted by Gasteiger charge is -2.20. The molecule has 2 aromatic heterocycles. The Labute approximate surface area is 258 Å². The summed E-state index contributed by atoms with van der Waals surface area (Å²) in [5, 5.41) is 3.76. The number of hydrogen-bond acceptors (Lipinski definition) is 7. The third kappa shape index (κ3) is 6.78. The van der Waals surface area contributed by atoms with Gasteiger partial charge in [-0.25, -0.2) is 9.78 Å². The van der Waals surface area contributed by atoms with Crippen LogP contribution in [0.3, 0.4) is 0 Å². The van der Waals surface area contributed by atoms with Gasteiger partial charge in [-0.1, -0.05) is 59.1 Å². The lowest BCUT2D eigenvalue weighted by Crippen LogP contribution is -2.40. The summed E-state index contributed by atoms with van der Waals surface area (Å²) in [4.78, 5) is 32.6. The van der Waals surface area contributed by atoms with E-state index in [0.717, 1.165) is 6.29 Å². The van der Waals surface area contributed by atoms with Crippen LogP contribution in [0.5, 0.6) is 11.6 Å². The molecule has 4 rings (SSSR count). The lowest BCUT2D eigenvalue weighted by molar-refractivity contribution is 0.112. The average Bonchev–Trinajstić information content (AvgIpc) is 2.95. The van der Waals surface area contributed by atoms with Crippen LogP contribution in [-0.2, 0) is 11.3 Å². The van der Waals surface area contributed by atoms with Crippen LogP contribution in [0.4, 0.5) is 4.79 Å². The Kier molecular flexibility index (Phi) is 9.61. The Hall–Kier alpha value is -3.85. The zero-order chi connectivity index (χ0) is 30.6. The van der Waals surface area contributed by atoms with E-state index in [4.69, 9.17) is 49.0 Å². The van der Waals surface area contributed by atoms with E-state index < -0.39 is 11.6 Å². The third-order valence-corrected chi connectivity index (χ3v) is 7.26. The van der Waals surface area contributed by atoms with Gasteiger partial charge in [0.05, 0.1) is 51.8 Å². The van der Waals surface area contributed by atoms with Gasteiger partial charge in [0.15, 0.2) is 6.29 Å². The second kappa shape index (κ2) is 13.0. The summed E-state index contributed by atoms with van der Waals surface area (Å²) in [6, 6.07) is 14.0. The van der Waals surface area contributed by atoms with E-state index in [2.05, 4.69) is 15.3 Å². The minimum Gasteiger partial charge on any atom is -0.496 e. The normalized spacial score (nSPS) is 11.1. The molecule has 0 bridgehead atoms. The summed E-state index contributed by atoms with van der Waals surface area (Å²) >= 11 is 20.4. The molecule has 218 valence electrons. The number of benzene rings is 2. The molecule has 0 saturated heterocycles. The number of aromatic nitrogens is 2. The van der Waals surface area contributed by atoms with Crippen LogP contribution >= 0.6 is 34.8 Å². The predicted octanol–water partition coefficient (Wildman–Crippen LogP) is 8.29. The maximum atomic E-state index is 12.2. The molecule has 1 amide bonds. The number of carbonyl (C=O) groups excluding carboxylic acids is 2. The van der Waals surface area contributed by atoms with Crippen molar-refractivity contribution in [1.82, 2.24) is 15.3 Å². The van der Waals surface area contributed by atoms with Crippen molar-refractivity contribution in [3.63, 3.8) is 0 Å². The second-order valence-corrected chi connectivity index (χ2v) is 11.4. The van der Waals surface area contributed by atoms with E-state index in [1.54, 1.807) is 42.6 Å². The first-order valence-electron chi connectivity index (χ1n) is 12.7. The highest BCUT2D eigenvalue weighted by Gasteiger charge is 2.21. The number of aldehydes is 1. The van der Waals surface area contributed by atoms with Crippen LogP contribution in [0.25, 0.3) is 33.6 Å². The van der Waals surface area contributed by atoms with Crippen molar-refractivity contribution >= 4 is 47.2 Å². The summed E-state index contributed by atoms with van der Waals surface area (Å²) < 4.78 is 16.2. The molecule has 0 aliphatic heterocycles. The molecule has 42 heavy (non-hydrogen) atoms. The zero-order valence-corrected chi connectivity index (χ0v) is 25.8. The van der Waals surface area contributed by atoms with E-state index >= 15 is 0 Å². The van der Waals surface area contributed by atoms with Gasteiger partial charge in [-0.2, -0.15) is 0 Å². The van der Waals surface area contributed by atoms with Gasteiger partial charge in [0, 0.05) is 34.0 Å². The molecule has 11 heteroatoms. The quantitative estimate of drug-likeness (QED) is 0.196. The van der Waals surface area contributed by atoms with Gasteiger partial charge in [0.2, 0.25) is 5.88 Å². The number of halogens is 3. The third-order valence-electron chi connectivity index (χ3n) is 6.14. The van der Waals surface area contributed by atoms with Gasteiger partial charge in [-0.15, -0.1) is 0 Å². The van der Waals surface area contributed by atoms with Crippen molar-refractivity contribution < 1.29 is 23.8 Å². The predicted molar refractivity (Wildman–Crippen MR) is 165 cm³/mol. The molecule has 0 radical (unpaired) electrons. The number of hydrogen-bond donors (Lipinski definition) is 1. The van der Waals surface area contributed by atoms with Crippen molar-refractivity contribution in [3.05, 3.63) is 80.9 Å². The number of ether oxygens (including phenoxy) is 3. The first kappa shape index (κ1) is 31.1. The van der Waals surface area contributed by atoms with E-state index in [1.165, 1.54) is 14.2 Å². The molecule has 0 unspecified atom stereocenters. The van der Waals surface area contributed by atoms with Crippen LogP contribution in [0, 0.1) is 0 Å². The highest BCUT2D eigenvalue weighted by Crippen LogP contribution is 2.43. The monoisotopic (exact) mass is 627 g/mol. The van der Waals surface area contributed by atoms with E-state index in [-0.39, 0.29) is 12.5 Å². The Bertz CT molecular complexity index is 1650. The van der Waals surface area contributed by atoms with Crippen LogP contribution in [0.15, 0.2) is 54.7 Å². The fraction of sp³-hybridized carbons (Fsp3) is 0.226. The van der Waals surface area contributed by atoms with Crippen molar-refractivity contribution in [3.8, 4) is 45.3 Å². The molecule has 0 spiro atoms. The highest BCUT2D eigenvalue weighted by atomic mass is 35.5. The van der Waals surface area contributed by atoms with E-state index in [0.29, 0.717) is 65.6 Å². The van der Waals surface area contributed by atoms with Gasteiger partial charge >= 0.3 is 6.09 Å². The highest BCUT2D eigenvalue weighted by molar-refractivity contribution is 6.39. The topological polar surface area (TPSA) is 99.6 Å². The number of nitrogens with zero attached hydrogens (tertiary/aromatic N) is 2. The van der Waals surface area contributed by atoms with Crippen molar-refractivity contribution in [2.45, 2.75) is 32.9 Å². The van der Waals surface area contributed by atoms with Gasteiger partial charge in [-0.05, 0) is 45.0 Å². The molecular weight excluding hydrogens is 601 g/mol. The summed E-state index contributed by atoms with van der Waals surface area (Å²) in [5.74, 6) is 0.603. The van der Waals surface area contributed by atoms with Crippen LogP contribution in [0.1, 0.15) is 36.7 Å². The molecular formula is C31H28Cl3N3O5. The maximum Gasteiger partial charge on any atom is 0.407 e. The zero-order valence-electron chi connectivity index (χ0n) is 23.6. The van der Waals surface area contributed by atoms with Crippen LogP contribution in [0.2, 0.25) is 15.1 Å². The average molecular weight is 629 g/mol. The minimum absolute atomic E-state index is 0.140. The lowest BCUT2D eigenvalue weighted by atomic mass is 9.99. The molecule has 0 saturated carbocycles. The van der Waals surface area contributed by atoms with Crippen molar-refractivity contribution in [1.29, 1.82) is 0 Å². The Morgan fingerprint density at radius 1 is 0.952 bits per heavy atom. The van der Waals surface area contributed by atoms with Gasteiger partial charge in [0.1, 0.15) is 12.4 Å². The second-order valence-electron chi connectivity index (χ2n) is 10.2. The summed E-state index contributed by atoms with van der Waals surface area (Å²) in [6.45, 7) is 5.40. The Balaban J connectivity index is 1.71. The maximum absolute atomic E-state index is 12.2. The molecule has 2 aromatic carbocycles.